The molecule has 0 saturated carbocycles. The average molecular weight is 308 g/mol. The van der Waals surface area contributed by atoms with Crippen LogP contribution < -0.4 is 5.32 Å². The molecule has 0 radical (unpaired) electrons. The lowest BCUT2D eigenvalue weighted by molar-refractivity contribution is -0.142. The number of hydrogen-bond acceptors (Lipinski definition) is 4. The Morgan fingerprint density at radius 3 is 2.59 bits per heavy atom. The van der Waals surface area contributed by atoms with Crippen molar-refractivity contribution in [3.05, 3.63) is 18.0 Å². The van der Waals surface area contributed by atoms with Crippen molar-refractivity contribution in [2.75, 3.05) is 19.6 Å². The first-order valence-corrected chi connectivity index (χ1v) is 8.04. The zero-order chi connectivity index (χ0) is 16.3. The van der Waals surface area contributed by atoms with E-state index < -0.39 is 0 Å². The number of hydrogen-bond donors (Lipinski definition) is 1. The van der Waals surface area contributed by atoms with Crippen LogP contribution in [0.4, 0.5) is 0 Å². The molecule has 0 aliphatic carbocycles. The van der Waals surface area contributed by atoms with Crippen LogP contribution in [-0.4, -0.2) is 58.5 Å². The quantitative estimate of drug-likeness (QED) is 0.892. The summed E-state index contributed by atoms with van der Waals surface area (Å²) < 4.78 is 7.61. The molecule has 4 atom stereocenters. The molecule has 2 rings (SSSR count). The third kappa shape index (κ3) is 4.30. The summed E-state index contributed by atoms with van der Waals surface area (Å²) >= 11 is 0. The number of rotatable bonds is 5. The van der Waals surface area contributed by atoms with E-state index in [1.54, 1.807) is 0 Å². The van der Waals surface area contributed by atoms with Crippen LogP contribution in [0, 0.1) is 6.92 Å². The van der Waals surface area contributed by atoms with Crippen LogP contribution in [-0.2, 0) is 9.53 Å². The van der Waals surface area contributed by atoms with E-state index in [1.165, 1.54) is 0 Å². The Balaban J connectivity index is 1.82. The van der Waals surface area contributed by atoms with Gasteiger partial charge in [0, 0.05) is 25.3 Å². The molecule has 0 bridgehead atoms. The minimum atomic E-state index is 0.107. The largest absolute Gasteiger partial charge is 0.372 e. The number of nitrogens with zero attached hydrogens (tertiary/aromatic N) is 3. The van der Waals surface area contributed by atoms with Gasteiger partial charge in [-0.1, -0.05) is 0 Å². The second-order valence-corrected chi connectivity index (χ2v) is 6.46. The fraction of sp³-hybridized carbons (Fsp3) is 0.750. The minimum absolute atomic E-state index is 0.107. The van der Waals surface area contributed by atoms with Gasteiger partial charge in [0.05, 0.1) is 31.0 Å². The summed E-state index contributed by atoms with van der Waals surface area (Å²) in [6.07, 6.45) is 4.09. The Labute approximate surface area is 132 Å². The van der Waals surface area contributed by atoms with Gasteiger partial charge in [-0.05, 0) is 40.2 Å². The standard InChI is InChI=1S/C16H28N4O2/c1-11-6-18-20(8-11)15(5)14(4)17-7-16(21)19-9-12(2)22-13(3)10-19/h6,8,12-15,17H,7,9-10H2,1-5H3. The van der Waals surface area contributed by atoms with Crippen LogP contribution in [0.25, 0.3) is 0 Å². The van der Waals surface area contributed by atoms with Crippen molar-refractivity contribution in [3.8, 4) is 0 Å². The van der Waals surface area contributed by atoms with Gasteiger partial charge in [0.25, 0.3) is 0 Å². The van der Waals surface area contributed by atoms with E-state index in [0.29, 0.717) is 19.6 Å². The van der Waals surface area contributed by atoms with Crippen molar-refractivity contribution >= 4 is 5.91 Å². The number of ether oxygens (including phenoxy) is 1. The number of nitrogens with one attached hydrogen (secondary N) is 1. The summed E-state index contributed by atoms with van der Waals surface area (Å²) in [5.41, 5.74) is 1.14. The highest BCUT2D eigenvalue weighted by Crippen LogP contribution is 2.12. The van der Waals surface area contributed by atoms with Crippen molar-refractivity contribution in [2.24, 2.45) is 0 Å². The first-order chi connectivity index (χ1) is 10.4. The topological polar surface area (TPSA) is 59.4 Å². The average Bonchev–Trinajstić information content (AvgIpc) is 2.89. The molecule has 0 aromatic carbocycles. The van der Waals surface area contributed by atoms with Gasteiger partial charge in [-0.2, -0.15) is 5.10 Å². The highest BCUT2D eigenvalue weighted by Gasteiger charge is 2.26. The molecule has 1 N–H and O–H groups in total. The van der Waals surface area contributed by atoms with Gasteiger partial charge >= 0.3 is 0 Å². The molecular weight excluding hydrogens is 280 g/mol. The summed E-state index contributed by atoms with van der Waals surface area (Å²) in [6, 6.07) is 0.364. The van der Waals surface area contributed by atoms with Gasteiger partial charge in [0.2, 0.25) is 5.91 Å². The number of aryl methyl sites for hydroxylation is 1. The molecule has 1 aromatic rings. The zero-order valence-electron chi connectivity index (χ0n) is 14.2. The Kier molecular flexibility index (Phi) is 5.58. The van der Waals surface area contributed by atoms with Gasteiger partial charge in [-0.25, -0.2) is 0 Å². The Morgan fingerprint density at radius 1 is 1.41 bits per heavy atom. The van der Waals surface area contributed by atoms with Crippen molar-refractivity contribution in [3.63, 3.8) is 0 Å². The highest BCUT2D eigenvalue weighted by atomic mass is 16.5. The lowest BCUT2D eigenvalue weighted by atomic mass is 10.1. The van der Waals surface area contributed by atoms with Crippen molar-refractivity contribution in [1.29, 1.82) is 0 Å². The van der Waals surface area contributed by atoms with E-state index in [0.717, 1.165) is 5.56 Å². The van der Waals surface area contributed by atoms with E-state index in [-0.39, 0.29) is 30.2 Å². The molecule has 6 nitrogen and oxygen atoms in total. The van der Waals surface area contributed by atoms with E-state index in [1.807, 2.05) is 42.7 Å². The Hall–Kier alpha value is -1.40. The molecule has 22 heavy (non-hydrogen) atoms. The van der Waals surface area contributed by atoms with Crippen LogP contribution in [0.1, 0.15) is 39.3 Å². The van der Waals surface area contributed by atoms with Crippen LogP contribution >= 0.6 is 0 Å². The monoisotopic (exact) mass is 308 g/mol. The first-order valence-electron chi connectivity index (χ1n) is 8.04. The SMILES string of the molecule is Cc1cnn(C(C)C(C)NCC(=O)N2CC(C)OC(C)C2)c1. The molecule has 4 unspecified atom stereocenters. The third-order valence-corrected chi connectivity index (χ3v) is 4.22. The summed E-state index contributed by atoms with van der Waals surface area (Å²) in [5, 5.41) is 7.66. The molecule has 1 aliphatic rings. The van der Waals surface area contributed by atoms with Crippen LogP contribution in [0.5, 0.6) is 0 Å². The minimum Gasteiger partial charge on any atom is -0.372 e. The van der Waals surface area contributed by atoms with Crippen molar-refractivity contribution < 1.29 is 9.53 Å². The molecule has 1 saturated heterocycles. The molecule has 1 fully saturated rings. The lowest BCUT2D eigenvalue weighted by Crippen LogP contribution is -2.51. The van der Waals surface area contributed by atoms with E-state index in [4.69, 9.17) is 4.74 Å². The fourth-order valence-electron chi connectivity index (χ4n) is 2.80. The van der Waals surface area contributed by atoms with Gasteiger partial charge in [-0.15, -0.1) is 0 Å². The van der Waals surface area contributed by atoms with E-state index >= 15 is 0 Å². The maximum Gasteiger partial charge on any atom is 0.236 e. The van der Waals surface area contributed by atoms with Crippen molar-refractivity contribution in [2.45, 2.75) is 58.9 Å². The van der Waals surface area contributed by atoms with Crippen LogP contribution in [0.2, 0.25) is 0 Å². The molecule has 1 aromatic heterocycles. The highest BCUT2D eigenvalue weighted by molar-refractivity contribution is 5.78. The van der Waals surface area contributed by atoms with Gasteiger partial charge < -0.3 is 15.0 Å². The molecule has 124 valence electrons. The maximum absolute atomic E-state index is 12.3. The number of carbonyl (C=O) groups is 1. The predicted octanol–water partition coefficient (Wildman–Crippen LogP) is 1.37. The molecular formula is C16H28N4O2. The molecule has 1 amide bonds. The molecule has 0 spiro atoms. The molecule has 6 heteroatoms. The summed E-state index contributed by atoms with van der Waals surface area (Å²) in [4.78, 5) is 14.2. The lowest BCUT2D eigenvalue weighted by Gasteiger charge is -2.35. The Morgan fingerprint density at radius 2 is 2.05 bits per heavy atom. The number of carbonyl (C=O) groups excluding carboxylic acids is 1. The third-order valence-electron chi connectivity index (χ3n) is 4.22. The second kappa shape index (κ2) is 7.24. The smallest absolute Gasteiger partial charge is 0.236 e. The second-order valence-electron chi connectivity index (χ2n) is 6.46. The summed E-state index contributed by atoms with van der Waals surface area (Å²) in [5.74, 6) is 0.137. The fourth-order valence-corrected chi connectivity index (χ4v) is 2.80. The Bertz CT molecular complexity index is 492. The zero-order valence-corrected chi connectivity index (χ0v) is 14.2. The first kappa shape index (κ1) is 17.0. The van der Waals surface area contributed by atoms with Gasteiger partial charge in [0.15, 0.2) is 0 Å². The number of amides is 1. The van der Waals surface area contributed by atoms with Gasteiger partial charge in [-0.3, -0.25) is 9.48 Å². The number of aromatic nitrogens is 2. The van der Waals surface area contributed by atoms with Crippen LogP contribution in [0.15, 0.2) is 12.4 Å². The number of morpholine rings is 1. The summed E-state index contributed by atoms with van der Waals surface area (Å²) in [6.45, 7) is 11.9. The maximum atomic E-state index is 12.3. The predicted molar refractivity (Wildman–Crippen MR) is 85.7 cm³/mol. The normalized spacial score (nSPS) is 25.0. The molecule has 1 aliphatic heterocycles. The molecule has 2 heterocycles. The summed E-state index contributed by atoms with van der Waals surface area (Å²) in [7, 11) is 0. The van der Waals surface area contributed by atoms with Crippen molar-refractivity contribution in [1.82, 2.24) is 20.0 Å². The van der Waals surface area contributed by atoms with E-state index in [2.05, 4.69) is 24.3 Å². The van der Waals surface area contributed by atoms with Crippen LogP contribution in [0.3, 0.4) is 0 Å². The van der Waals surface area contributed by atoms with E-state index in [9.17, 15) is 4.79 Å². The van der Waals surface area contributed by atoms with Gasteiger partial charge in [0.1, 0.15) is 0 Å².